The van der Waals surface area contributed by atoms with E-state index >= 15 is 0 Å². The predicted molar refractivity (Wildman–Crippen MR) is 74.1 cm³/mol. The van der Waals surface area contributed by atoms with Gasteiger partial charge in [0.25, 0.3) is 0 Å². The lowest BCUT2D eigenvalue weighted by Gasteiger charge is -2.08. The van der Waals surface area contributed by atoms with Gasteiger partial charge in [-0.2, -0.15) is 0 Å². The van der Waals surface area contributed by atoms with Gasteiger partial charge in [0.2, 0.25) is 5.91 Å². The first-order valence-electron chi connectivity index (χ1n) is 6.41. The van der Waals surface area contributed by atoms with Crippen molar-refractivity contribution < 1.29 is 14.7 Å². The maximum absolute atomic E-state index is 12.1. The van der Waals surface area contributed by atoms with Crippen molar-refractivity contribution in [2.75, 3.05) is 5.32 Å². The number of aromatic carboxylic acids is 1. The summed E-state index contributed by atoms with van der Waals surface area (Å²) in [6.07, 6.45) is 3.55. The molecule has 100 valence electrons. The lowest BCUT2D eigenvalue weighted by Crippen LogP contribution is -2.17. The van der Waals surface area contributed by atoms with Crippen molar-refractivity contribution in [3.63, 3.8) is 0 Å². The van der Waals surface area contributed by atoms with E-state index in [4.69, 9.17) is 5.11 Å². The van der Waals surface area contributed by atoms with Crippen molar-refractivity contribution in [2.45, 2.75) is 19.3 Å². The maximum Gasteiger partial charge on any atom is 0.336 e. The van der Waals surface area contributed by atoms with Crippen molar-refractivity contribution in [1.29, 1.82) is 0 Å². The molecule has 0 aliphatic heterocycles. The van der Waals surface area contributed by atoms with Crippen LogP contribution >= 0.6 is 15.9 Å². The third-order valence-electron chi connectivity index (χ3n) is 4.17. The number of halogens is 1. The molecule has 0 bridgehead atoms. The minimum Gasteiger partial charge on any atom is -0.478 e. The number of carboxylic acid groups (broad SMARTS) is 1. The third kappa shape index (κ3) is 2.27. The average molecular weight is 324 g/mol. The number of rotatable bonds is 3. The Kier molecular flexibility index (Phi) is 3.09. The second-order valence-corrected chi connectivity index (χ2v) is 6.13. The van der Waals surface area contributed by atoms with Gasteiger partial charge in [0.1, 0.15) is 0 Å². The summed E-state index contributed by atoms with van der Waals surface area (Å²) in [7, 11) is 0. The molecule has 19 heavy (non-hydrogen) atoms. The van der Waals surface area contributed by atoms with E-state index in [0.29, 0.717) is 22.0 Å². The Balaban J connectivity index is 1.71. The zero-order valence-corrected chi connectivity index (χ0v) is 11.8. The summed E-state index contributed by atoms with van der Waals surface area (Å²) in [5, 5.41) is 11.9. The van der Waals surface area contributed by atoms with E-state index in [-0.39, 0.29) is 17.4 Å². The van der Waals surface area contributed by atoms with E-state index in [2.05, 4.69) is 21.2 Å². The Morgan fingerprint density at radius 3 is 2.58 bits per heavy atom. The molecule has 0 aromatic heterocycles. The lowest BCUT2D eigenvalue weighted by atomic mass is 10.1. The zero-order chi connectivity index (χ0) is 13.6. The van der Waals surface area contributed by atoms with E-state index in [1.54, 1.807) is 12.1 Å². The summed E-state index contributed by atoms with van der Waals surface area (Å²) in [5.41, 5.74) is 0.712. The molecular formula is C14H14BrNO3. The first kappa shape index (κ1) is 12.7. The Morgan fingerprint density at radius 1 is 1.26 bits per heavy atom. The maximum atomic E-state index is 12.1. The topological polar surface area (TPSA) is 66.4 Å². The van der Waals surface area contributed by atoms with Gasteiger partial charge in [-0.15, -0.1) is 0 Å². The fraction of sp³-hybridized carbons (Fsp3) is 0.429. The van der Waals surface area contributed by atoms with Crippen molar-refractivity contribution in [3.8, 4) is 0 Å². The number of anilines is 1. The van der Waals surface area contributed by atoms with Crippen molar-refractivity contribution in [2.24, 2.45) is 17.8 Å². The van der Waals surface area contributed by atoms with Gasteiger partial charge in [-0.1, -0.05) is 6.42 Å². The van der Waals surface area contributed by atoms with Gasteiger partial charge in [-0.05, 0) is 58.8 Å². The molecule has 2 unspecified atom stereocenters. The van der Waals surface area contributed by atoms with Crippen LogP contribution in [0, 0.1) is 17.8 Å². The molecule has 1 amide bonds. The molecule has 1 aromatic rings. The number of carboxylic acids is 1. The highest BCUT2D eigenvalue weighted by atomic mass is 79.9. The number of fused-ring (bicyclic) bond motifs is 1. The Labute approximate surface area is 119 Å². The zero-order valence-electron chi connectivity index (χ0n) is 10.2. The number of nitrogens with one attached hydrogen (secondary N) is 1. The molecule has 0 radical (unpaired) electrons. The van der Waals surface area contributed by atoms with E-state index in [0.717, 1.165) is 12.8 Å². The fourth-order valence-electron chi connectivity index (χ4n) is 3.20. The predicted octanol–water partition coefficient (Wildman–Crippen LogP) is 3.13. The summed E-state index contributed by atoms with van der Waals surface area (Å²) in [4.78, 5) is 23.1. The molecular weight excluding hydrogens is 310 g/mol. The Bertz CT molecular complexity index is 548. The summed E-state index contributed by atoms with van der Waals surface area (Å²) < 4.78 is 0.515. The van der Waals surface area contributed by atoms with Gasteiger partial charge in [-0.3, -0.25) is 4.79 Å². The first-order chi connectivity index (χ1) is 9.08. The first-order valence-corrected chi connectivity index (χ1v) is 7.21. The minimum absolute atomic E-state index is 0.0355. The molecule has 3 rings (SSSR count). The standard InChI is InChI=1S/C14H14BrNO3/c15-11-5-4-7(6-10(11)14(18)19)16-13(17)12-8-2-1-3-9(8)12/h4-6,8-9,12H,1-3H2,(H,16,17)(H,18,19). The van der Waals surface area contributed by atoms with Crippen LogP contribution in [0.3, 0.4) is 0 Å². The highest BCUT2D eigenvalue weighted by molar-refractivity contribution is 9.10. The van der Waals surface area contributed by atoms with Gasteiger partial charge in [-0.25, -0.2) is 4.79 Å². The van der Waals surface area contributed by atoms with Crippen molar-refractivity contribution in [3.05, 3.63) is 28.2 Å². The quantitative estimate of drug-likeness (QED) is 0.898. The molecule has 0 saturated heterocycles. The average Bonchev–Trinajstić information content (AvgIpc) is 2.85. The fourth-order valence-corrected chi connectivity index (χ4v) is 3.62. The molecule has 0 spiro atoms. The van der Waals surface area contributed by atoms with Gasteiger partial charge in [0, 0.05) is 16.1 Å². The Morgan fingerprint density at radius 2 is 1.95 bits per heavy atom. The van der Waals surface area contributed by atoms with Crippen LogP contribution < -0.4 is 5.32 Å². The number of hydrogen-bond donors (Lipinski definition) is 2. The normalized spacial score (nSPS) is 27.7. The molecule has 2 N–H and O–H groups in total. The molecule has 5 heteroatoms. The van der Waals surface area contributed by atoms with Crippen molar-refractivity contribution in [1.82, 2.24) is 0 Å². The van der Waals surface area contributed by atoms with Crippen LogP contribution in [0.4, 0.5) is 5.69 Å². The van der Waals surface area contributed by atoms with Gasteiger partial charge in [0.05, 0.1) is 5.56 Å². The molecule has 2 aliphatic carbocycles. The molecule has 2 atom stereocenters. The van der Waals surface area contributed by atoms with E-state index in [1.165, 1.54) is 12.5 Å². The van der Waals surface area contributed by atoms with Crippen LogP contribution in [0.5, 0.6) is 0 Å². The number of carbonyl (C=O) groups is 2. The SMILES string of the molecule is O=C(O)c1cc(NC(=O)C2C3CCCC32)ccc1Br. The monoisotopic (exact) mass is 323 g/mol. The number of benzene rings is 1. The molecule has 2 fully saturated rings. The number of hydrogen-bond acceptors (Lipinski definition) is 2. The largest absolute Gasteiger partial charge is 0.478 e. The van der Waals surface area contributed by atoms with Crippen LogP contribution in [0.1, 0.15) is 29.6 Å². The van der Waals surface area contributed by atoms with Gasteiger partial charge >= 0.3 is 5.97 Å². The minimum atomic E-state index is -1.01. The van der Waals surface area contributed by atoms with Crippen LogP contribution in [0.2, 0.25) is 0 Å². The van der Waals surface area contributed by atoms with E-state index in [9.17, 15) is 9.59 Å². The molecule has 1 aromatic carbocycles. The van der Waals surface area contributed by atoms with Gasteiger partial charge in [0.15, 0.2) is 0 Å². The van der Waals surface area contributed by atoms with Crippen molar-refractivity contribution >= 4 is 33.5 Å². The van der Waals surface area contributed by atoms with E-state index in [1.807, 2.05) is 0 Å². The molecule has 2 saturated carbocycles. The van der Waals surface area contributed by atoms with Crippen LogP contribution in [-0.2, 0) is 4.79 Å². The highest BCUT2D eigenvalue weighted by Gasteiger charge is 2.56. The summed E-state index contributed by atoms with van der Waals surface area (Å²) in [6, 6.07) is 4.85. The molecule has 2 aliphatic rings. The lowest BCUT2D eigenvalue weighted by molar-refractivity contribution is -0.118. The second kappa shape index (κ2) is 4.63. The number of amides is 1. The molecule has 4 nitrogen and oxygen atoms in total. The highest BCUT2D eigenvalue weighted by Crippen LogP contribution is 2.57. The summed E-state index contributed by atoms with van der Waals surface area (Å²) >= 11 is 3.18. The van der Waals surface area contributed by atoms with Crippen LogP contribution in [0.15, 0.2) is 22.7 Å². The van der Waals surface area contributed by atoms with Crippen LogP contribution in [0.25, 0.3) is 0 Å². The summed E-state index contributed by atoms with van der Waals surface area (Å²) in [5.74, 6) is 0.300. The number of carbonyl (C=O) groups excluding carboxylic acids is 1. The smallest absolute Gasteiger partial charge is 0.336 e. The third-order valence-corrected chi connectivity index (χ3v) is 4.87. The van der Waals surface area contributed by atoms with Gasteiger partial charge < -0.3 is 10.4 Å². The second-order valence-electron chi connectivity index (χ2n) is 5.27. The van der Waals surface area contributed by atoms with Crippen LogP contribution in [-0.4, -0.2) is 17.0 Å². The molecule has 0 heterocycles. The summed E-state index contributed by atoms with van der Waals surface area (Å²) in [6.45, 7) is 0. The Hall–Kier alpha value is -1.36. The van der Waals surface area contributed by atoms with E-state index < -0.39 is 5.97 Å².